The molecule has 1 saturated heterocycles. The van der Waals surface area contributed by atoms with Gasteiger partial charge in [-0.05, 0) is 86.8 Å². The van der Waals surface area contributed by atoms with E-state index in [2.05, 4.69) is 92.6 Å². The van der Waals surface area contributed by atoms with E-state index in [1.165, 1.54) is 13.3 Å². The van der Waals surface area contributed by atoms with Crippen molar-refractivity contribution in [3.05, 3.63) is 112 Å². The summed E-state index contributed by atoms with van der Waals surface area (Å²) in [7, 11) is -1.28. The summed E-state index contributed by atoms with van der Waals surface area (Å²) in [6.07, 6.45) is -1.88. The largest absolute Gasteiger partial charge is 0.497 e. The van der Waals surface area contributed by atoms with Gasteiger partial charge >= 0.3 is 0 Å². The highest BCUT2D eigenvalue weighted by Crippen LogP contribution is 2.53. The second-order valence-electron chi connectivity index (χ2n) is 18.3. The van der Waals surface area contributed by atoms with Crippen LogP contribution in [-0.2, 0) is 33.3 Å². The molecule has 66 heavy (non-hydrogen) atoms. The number of methoxy groups -OCH3 is 2. The first kappa shape index (κ1) is 50.4. The molecule has 5 atom stereocenters. The molecule has 5 aromatic rings. The average Bonchev–Trinajstić information content (AvgIpc) is 3.84. The van der Waals surface area contributed by atoms with Crippen molar-refractivity contribution in [1.29, 1.82) is 5.26 Å². The molecule has 6 rings (SSSR count). The lowest BCUT2D eigenvalue weighted by Crippen LogP contribution is -2.50. The predicted molar refractivity (Wildman–Crippen MR) is 257 cm³/mol. The molecule has 0 aliphatic carbocycles. The van der Waals surface area contributed by atoms with Crippen molar-refractivity contribution in [3.8, 4) is 17.6 Å². The molecule has 1 aliphatic heterocycles. The van der Waals surface area contributed by atoms with Gasteiger partial charge in [-0.25, -0.2) is 9.65 Å². The normalized spacial score (nSPS) is 18.5. The van der Waals surface area contributed by atoms with E-state index in [1.54, 1.807) is 18.8 Å². The summed E-state index contributed by atoms with van der Waals surface area (Å²) in [5.41, 5.74) is 0.952. The van der Waals surface area contributed by atoms with Gasteiger partial charge in [0, 0.05) is 19.0 Å². The monoisotopic (exact) mass is 942 g/mol. The lowest BCUT2D eigenvalue weighted by Gasteiger charge is -2.42. The van der Waals surface area contributed by atoms with Gasteiger partial charge in [0.05, 0.1) is 46.3 Å². The SMILES string of the molecule is COc1ccc(C(OCC2O[C@@H](n3[13cH]nc4c(=O)[nH]c(NC(C)=O)nc43)[C@H](O[Si](C)(C)C(C)(C)C)[C@@H]2OP(OCCC#N)N(C(C)C)C(C)C)(c2ccccc2)c2ccc(OC)cc2)cc1. The van der Waals surface area contributed by atoms with Crippen LogP contribution in [0.4, 0.5) is 5.95 Å². The van der Waals surface area contributed by atoms with E-state index in [0.29, 0.717) is 11.5 Å². The number of aromatic nitrogens is 4. The van der Waals surface area contributed by atoms with Crippen molar-refractivity contribution in [3.63, 3.8) is 0 Å². The third-order valence-electron chi connectivity index (χ3n) is 12.0. The molecule has 0 bridgehead atoms. The quantitative estimate of drug-likeness (QED) is 0.0326. The van der Waals surface area contributed by atoms with Crippen molar-refractivity contribution in [2.75, 3.05) is 32.8 Å². The van der Waals surface area contributed by atoms with Gasteiger partial charge in [-0.2, -0.15) is 10.2 Å². The molecule has 16 nitrogen and oxygen atoms in total. The molecule has 354 valence electrons. The molecule has 0 saturated carbocycles. The molecule has 0 spiro atoms. The summed E-state index contributed by atoms with van der Waals surface area (Å²) in [6.45, 7) is 20.5. The molecular formula is C48H64N7O9PSi. The Morgan fingerprint density at radius 1 is 0.939 bits per heavy atom. The van der Waals surface area contributed by atoms with Crippen LogP contribution in [0, 0.1) is 11.3 Å². The smallest absolute Gasteiger partial charge is 0.280 e. The van der Waals surface area contributed by atoms with E-state index < -0.39 is 58.5 Å². The molecular weight excluding hydrogens is 879 g/mol. The Hall–Kier alpha value is -5.02. The number of nitriles is 1. The topological polar surface area (TPSA) is 184 Å². The number of imidazole rings is 1. The first-order valence-electron chi connectivity index (χ1n) is 22.2. The van der Waals surface area contributed by atoms with Gasteiger partial charge in [0.25, 0.3) is 14.1 Å². The van der Waals surface area contributed by atoms with Crippen molar-refractivity contribution < 1.29 is 37.2 Å². The second kappa shape index (κ2) is 21.3. The van der Waals surface area contributed by atoms with Gasteiger partial charge in [-0.15, -0.1) is 0 Å². The second-order valence-corrected chi connectivity index (χ2v) is 24.4. The number of nitrogens with one attached hydrogen (secondary N) is 2. The third-order valence-corrected chi connectivity index (χ3v) is 18.6. The fraction of sp³-hybridized carbons (Fsp3) is 0.479. The zero-order valence-corrected chi connectivity index (χ0v) is 41.9. The average molecular weight is 943 g/mol. The Morgan fingerprint density at radius 2 is 1.52 bits per heavy atom. The Kier molecular flexibility index (Phi) is 16.3. The number of benzene rings is 3. The Balaban J connectivity index is 1.59. The first-order chi connectivity index (χ1) is 31.3. The number of hydrogen-bond donors (Lipinski definition) is 2. The molecule has 2 aromatic heterocycles. The highest BCUT2D eigenvalue weighted by atomic mass is 31.2. The van der Waals surface area contributed by atoms with E-state index in [9.17, 15) is 14.9 Å². The summed E-state index contributed by atoms with van der Waals surface area (Å²) in [5.74, 6) is 0.913. The zero-order chi connectivity index (χ0) is 48.0. The number of carbonyl (C=O) groups is 1. The van der Waals surface area contributed by atoms with Crippen molar-refractivity contribution in [1.82, 2.24) is 24.2 Å². The van der Waals surface area contributed by atoms with Crippen LogP contribution in [0.5, 0.6) is 11.5 Å². The number of carbonyl (C=O) groups excluding carboxylic acids is 1. The third kappa shape index (κ3) is 10.9. The molecule has 1 aliphatic rings. The Morgan fingerprint density at radius 3 is 2.03 bits per heavy atom. The molecule has 2 N–H and O–H groups in total. The molecule has 3 aromatic carbocycles. The van der Waals surface area contributed by atoms with Crippen LogP contribution in [-0.4, -0.2) is 96.2 Å². The molecule has 2 unspecified atom stereocenters. The minimum atomic E-state index is -2.69. The fourth-order valence-electron chi connectivity index (χ4n) is 7.85. The van der Waals surface area contributed by atoms with Crippen LogP contribution < -0.4 is 20.3 Å². The number of ether oxygens (including phenoxy) is 4. The summed E-state index contributed by atoms with van der Waals surface area (Å²) >= 11 is 0. The lowest BCUT2D eigenvalue weighted by molar-refractivity contribution is -0.114. The minimum absolute atomic E-state index is 0.0117. The summed E-state index contributed by atoms with van der Waals surface area (Å²) in [6, 6.07) is 27.7. The van der Waals surface area contributed by atoms with E-state index in [-0.39, 0.29) is 53.9 Å². The number of H-pyrrole nitrogens is 1. The van der Waals surface area contributed by atoms with Crippen LogP contribution in [0.25, 0.3) is 11.2 Å². The van der Waals surface area contributed by atoms with Crippen molar-refractivity contribution >= 4 is 39.9 Å². The van der Waals surface area contributed by atoms with Gasteiger partial charge in [-0.1, -0.05) is 75.4 Å². The summed E-state index contributed by atoms with van der Waals surface area (Å²) < 4.78 is 51.1. The molecule has 1 fully saturated rings. The van der Waals surface area contributed by atoms with Crippen LogP contribution in [0.2, 0.25) is 18.1 Å². The Labute approximate surface area is 390 Å². The van der Waals surface area contributed by atoms with Crippen LogP contribution in [0.1, 0.15) is 84.7 Å². The number of rotatable bonds is 20. The van der Waals surface area contributed by atoms with Gasteiger partial charge < -0.3 is 32.4 Å². The van der Waals surface area contributed by atoms with Crippen LogP contribution >= 0.6 is 8.53 Å². The maximum Gasteiger partial charge on any atom is 0.280 e. The van der Waals surface area contributed by atoms with Gasteiger partial charge in [-0.3, -0.25) is 24.5 Å². The van der Waals surface area contributed by atoms with Crippen molar-refractivity contribution in [2.45, 2.75) is 122 Å². The number of nitrogens with zero attached hydrogens (tertiary/aromatic N) is 5. The van der Waals surface area contributed by atoms with Gasteiger partial charge in [0.1, 0.15) is 35.4 Å². The number of aromatic amines is 1. The molecule has 18 heteroatoms. The highest BCUT2D eigenvalue weighted by molar-refractivity contribution is 7.44. The van der Waals surface area contributed by atoms with Gasteiger partial charge in [0.2, 0.25) is 11.9 Å². The standard InChI is InChI=1S/C48H64N7O9PSi/c1-31(2)55(32(3)4)65(61-28-16-27-49)63-41-39(29-60-48(34-17-14-13-15-18-34,35-19-23-37(58-9)24-20-35)36-21-25-38(59-10)26-22-36)62-45(42(41)64-66(11,12)47(6,7)8)54-30-50-40-43(54)52-46(51-33(5)56)53-44(40)57/h13-15,17-26,30-32,39,41-42,45H,16,28-29H2,1-12H3,(H2,51,52,53,56,57)/t39?,41-,42-,45-,65?/m1/s1/i30+1. The minimum Gasteiger partial charge on any atom is -0.497 e. The predicted octanol–water partition coefficient (Wildman–Crippen LogP) is 9.05. The summed E-state index contributed by atoms with van der Waals surface area (Å²) in [4.78, 5) is 37.4. The zero-order valence-electron chi connectivity index (χ0n) is 40.0. The first-order valence-corrected chi connectivity index (χ1v) is 26.2. The lowest BCUT2D eigenvalue weighted by atomic mass is 9.80. The Bertz CT molecular complexity index is 2430. The maximum atomic E-state index is 13.5. The van der Waals surface area contributed by atoms with Gasteiger partial charge in [0.15, 0.2) is 25.7 Å². The van der Waals surface area contributed by atoms with Crippen LogP contribution in [0.15, 0.2) is 90.0 Å². The van der Waals surface area contributed by atoms with E-state index in [4.69, 9.17) is 32.4 Å². The summed E-state index contributed by atoms with van der Waals surface area (Å²) in [5, 5.41) is 11.9. The number of fused-ring (bicyclic) bond motifs is 1. The maximum absolute atomic E-state index is 13.5. The molecule has 1 amide bonds. The van der Waals surface area contributed by atoms with Crippen LogP contribution in [0.3, 0.4) is 0 Å². The number of anilines is 1. The number of amides is 1. The van der Waals surface area contributed by atoms with E-state index in [1.807, 2.05) is 78.9 Å². The highest BCUT2D eigenvalue weighted by Gasteiger charge is 2.54. The number of hydrogen-bond acceptors (Lipinski definition) is 13. The fourth-order valence-corrected chi connectivity index (χ4v) is 10.9. The van der Waals surface area contributed by atoms with E-state index in [0.717, 1.165) is 16.7 Å². The molecule has 0 radical (unpaired) electrons. The molecule has 3 heterocycles. The van der Waals surface area contributed by atoms with E-state index >= 15 is 0 Å². The van der Waals surface area contributed by atoms with Crippen molar-refractivity contribution in [2.24, 2.45) is 0 Å².